The first-order valence-corrected chi connectivity index (χ1v) is 6.11. The summed E-state index contributed by atoms with van der Waals surface area (Å²) in [5.74, 6) is 0.0175. The van der Waals surface area contributed by atoms with E-state index in [1.807, 2.05) is 0 Å². The summed E-state index contributed by atoms with van der Waals surface area (Å²) in [5.41, 5.74) is 6.47. The van der Waals surface area contributed by atoms with E-state index < -0.39 is 0 Å². The third-order valence-electron chi connectivity index (χ3n) is 2.70. The van der Waals surface area contributed by atoms with Crippen LogP contribution < -0.4 is 5.73 Å². The van der Waals surface area contributed by atoms with Crippen molar-refractivity contribution in [2.24, 2.45) is 5.73 Å². The molecule has 0 aliphatic carbocycles. The quantitative estimate of drug-likeness (QED) is 0.839. The third kappa shape index (κ3) is 4.39. The van der Waals surface area contributed by atoms with Gasteiger partial charge in [0.1, 0.15) is 0 Å². The van der Waals surface area contributed by atoms with Gasteiger partial charge in [0.15, 0.2) is 0 Å². The average Bonchev–Trinajstić information content (AvgIpc) is 2.28. The largest absolute Gasteiger partial charge is 0.337 e. The third-order valence-corrected chi connectivity index (χ3v) is 3.13. The highest BCUT2D eigenvalue weighted by Gasteiger charge is 2.22. The molecule has 0 bridgehead atoms. The molecule has 0 spiro atoms. The monoisotopic (exact) mass is 355 g/mol. The van der Waals surface area contributed by atoms with E-state index in [9.17, 15) is 4.79 Å². The molecule has 2 N–H and O–H groups in total. The molecule has 7 heteroatoms. The molecule has 1 fully saturated rings. The zero-order chi connectivity index (χ0) is 11.5. The second kappa shape index (κ2) is 7.94. The molecule has 1 aliphatic heterocycles. The van der Waals surface area contributed by atoms with Gasteiger partial charge >= 0.3 is 0 Å². The number of carbonyl (C=O) groups is 1. The van der Waals surface area contributed by atoms with Crippen LogP contribution in [0.15, 0.2) is 22.9 Å². The summed E-state index contributed by atoms with van der Waals surface area (Å²) < 4.78 is 0.819. The van der Waals surface area contributed by atoms with Crippen LogP contribution in [0.25, 0.3) is 0 Å². The fraction of sp³-hybridized carbons (Fsp3) is 0.455. The maximum absolute atomic E-state index is 12.1. The Morgan fingerprint density at radius 2 is 2.17 bits per heavy atom. The van der Waals surface area contributed by atoms with E-state index in [-0.39, 0.29) is 36.8 Å². The molecule has 4 nitrogen and oxygen atoms in total. The van der Waals surface area contributed by atoms with Crippen molar-refractivity contribution in [3.8, 4) is 0 Å². The minimum Gasteiger partial charge on any atom is -0.337 e. The predicted molar refractivity (Wildman–Crippen MR) is 79.5 cm³/mol. The molecule has 1 atom stereocenters. The minimum absolute atomic E-state index is 0. The van der Waals surface area contributed by atoms with Gasteiger partial charge in [-0.3, -0.25) is 9.78 Å². The standard InChI is InChI=1S/C11H14BrN3O.2ClH/c12-9-4-8(5-14-6-9)11(16)15-3-1-2-10(13)7-15;;/h4-6,10H,1-3,7,13H2;2*1H. The lowest BCUT2D eigenvalue weighted by Crippen LogP contribution is -2.45. The van der Waals surface area contributed by atoms with E-state index in [1.165, 1.54) is 0 Å². The highest BCUT2D eigenvalue weighted by molar-refractivity contribution is 9.10. The fourth-order valence-corrected chi connectivity index (χ4v) is 2.27. The molecule has 0 aromatic carbocycles. The second-order valence-electron chi connectivity index (χ2n) is 4.05. The van der Waals surface area contributed by atoms with Gasteiger partial charge in [-0.25, -0.2) is 0 Å². The first-order valence-electron chi connectivity index (χ1n) is 5.32. The average molecular weight is 357 g/mol. The van der Waals surface area contributed by atoms with E-state index in [1.54, 1.807) is 23.4 Å². The molecule has 1 unspecified atom stereocenters. The fourth-order valence-electron chi connectivity index (χ4n) is 1.91. The van der Waals surface area contributed by atoms with Crippen molar-refractivity contribution >= 4 is 46.7 Å². The SMILES string of the molecule is Cl.Cl.NC1CCCN(C(=O)c2cncc(Br)c2)C1. The van der Waals surface area contributed by atoms with E-state index >= 15 is 0 Å². The Hall–Kier alpha value is -0.360. The zero-order valence-corrected chi connectivity index (χ0v) is 12.9. The van der Waals surface area contributed by atoms with Crippen LogP contribution in [0.5, 0.6) is 0 Å². The van der Waals surface area contributed by atoms with Gasteiger partial charge in [0.25, 0.3) is 5.91 Å². The van der Waals surface area contributed by atoms with Crippen LogP contribution in [0.3, 0.4) is 0 Å². The molecule has 18 heavy (non-hydrogen) atoms. The zero-order valence-electron chi connectivity index (χ0n) is 9.71. The van der Waals surface area contributed by atoms with E-state index in [2.05, 4.69) is 20.9 Å². The Kier molecular flexibility index (Phi) is 7.78. The van der Waals surface area contributed by atoms with E-state index in [0.29, 0.717) is 12.1 Å². The van der Waals surface area contributed by atoms with Gasteiger partial charge in [-0.2, -0.15) is 0 Å². The number of rotatable bonds is 1. The van der Waals surface area contributed by atoms with Crippen molar-refractivity contribution < 1.29 is 4.79 Å². The summed E-state index contributed by atoms with van der Waals surface area (Å²) >= 11 is 3.31. The van der Waals surface area contributed by atoms with Gasteiger partial charge in [-0.15, -0.1) is 24.8 Å². The number of nitrogens with two attached hydrogens (primary N) is 1. The predicted octanol–water partition coefficient (Wildman–Crippen LogP) is 2.25. The van der Waals surface area contributed by atoms with Crippen molar-refractivity contribution in [3.63, 3.8) is 0 Å². The van der Waals surface area contributed by atoms with Gasteiger partial charge in [-0.1, -0.05) is 0 Å². The number of likely N-dealkylation sites (tertiary alicyclic amines) is 1. The van der Waals surface area contributed by atoms with Crippen LogP contribution in [-0.4, -0.2) is 34.9 Å². The molecule has 0 radical (unpaired) electrons. The Morgan fingerprint density at radius 1 is 1.44 bits per heavy atom. The maximum atomic E-state index is 12.1. The number of carbonyl (C=O) groups excluding carboxylic acids is 1. The number of hydrogen-bond donors (Lipinski definition) is 1. The highest BCUT2D eigenvalue weighted by atomic mass is 79.9. The Labute approximate surface area is 127 Å². The molecule has 1 aliphatic rings. The Balaban J connectivity index is 0.00000144. The van der Waals surface area contributed by atoms with E-state index in [0.717, 1.165) is 23.9 Å². The highest BCUT2D eigenvalue weighted by Crippen LogP contribution is 2.15. The molecule has 1 amide bonds. The number of piperidine rings is 1. The molecular formula is C11H16BrCl2N3O. The van der Waals surface area contributed by atoms with Gasteiger partial charge in [0.2, 0.25) is 0 Å². The van der Waals surface area contributed by atoms with E-state index in [4.69, 9.17) is 5.73 Å². The number of hydrogen-bond acceptors (Lipinski definition) is 3. The molecule has 1 aromatic heterocycles. The van der Waals surface area contributed by atoms with Crippen molar-refractivity contribution in [2.75, 3.05) is 13.1 Å². The van der Waals surface area contributed by atoms with Crippen molar-refractivity contribution in [2.45, 2.75) is 18.9 Å². The topological polar surface area (TPSA) is 59.2 Å². The molecule has 2 heterocycles. The number of nitrogens with zero attached hydrogens (tertiary/aromatic N) is 2. The first-order chi connectivity index (χ1) is 7.66. The number of amides is 1. The Morgan fingerprint density at radius 3 is 2.78 bits per heavy atom. The summed E-state index contributed by atoms with van der Waals surface area (Å²) in [6, 6.07) is 1.90. The molecular weight excluding hydrogens is 341 g/mol. The van der Waals surface area contributed by atoms with Crippen molar-refractivity contribution in [1.29, 1.82) is 0 Å². The van der Waals surface area contributed by atoms with Crippen molar-refractivity contribution in [3.05, 3.63) is 28.5 Å². The maximum Gasteiger partial charge on any atom is 0.255 e. The Bertz CT molecular complexity index is 406. The summed E-state index contributed by atoms with van der Waals surface area (Å²) in [7, 11) is 0. The second-order valence-corrected chi connectivity index (χ2v) is 4.96. The lowest BCUT2D eigenvalue weighted by molar-refractivity contribution is 0.0708. The number of aromatic nitrogens is 1. The van der Waals surface area contributed by atoms with Crippen LogP contribution in [-0.2, 0) is 0 Å². The summed E-state index contributed by atoms with van der Waals surface area (Å²) in [5, 5.41) is 0. The first kappa shape index (κ1) is 17.6. The number of pyridine rings is 1. The normalized spacial score (nSPS) is 18.6. The summed E-state index contributed by atoms with van der Waals surface area (Å²) in [6.07, 6.45) is 5.24. The molecule has 102 valence electrons. The number of halogens is 3. The van der Waals surface area contributed by atoms with Crippen LogP contribution in [0, 0.1) is 0 Å². The van der Waals surface area contributed by atoms with Gasteiger partial charge in [0, 0.05) is 36.0 Å². The van der Waals surface area contributed by atoms with Gasteiger partial charge < -0.3 is 10.6 Å². The van der Waals surface area contributed by atoms with Gasteiger partial charge in [-0.05, 0) is 34.8 Å². The minimum atomic E-state index is 0. The summed E-state index contributed by atoms with van der Waals surface area (Å²) in [4.78, 5) is 17.9. The van der Waals surface area contributed by atoms with Crippen LogP contribution in [0.1, 0.15) is 23.2 Å². The van der Waals surface area contributed by atoms with Crippen LogP contribution in [0.2, 0.25) is 0 Å². The van der Waals surface area contributed by atoms with Crippen LogP contribution >= 0.6 is 40.7 Å². The molecule has 1 saturated heterocycles. The van der Waals surface area contributed by atoms with Crippen molar-refractivity contribution in [1.82, 2.24) is 9.88 Å². The molecule has 1 aromatic rings. The smallest absolute Gasteiger partial charge is 0.255 e. The van der Waals surface area contributed by atoms with Gasteiger partial charge in [0.05, 0.1) is 5.56 Å². The molecule has 0 saturated carbocycles. The van der Waals surface area contributed by atoms with Crippen LogP contribution in [0.4, 0.5) is 0 Å². The molecule has 2 rings (SSSR count). The lowest BCUT2D eigenvalue weighted by atomic mass is 10.1. The lowest BCUT2D eigenvalue weighted by Gasteiger charge is -2.30. The summed E-state index contributed by atoms with van der Waals surface area (Å²) in [6.45, 7) is 1.43.